The van der Waals surface area contributed by atoms with Gasteiger partial charge in [0.25, 0.3) is 0 Å². The van der Waals surface area contributed by atoms with Crippen LogP contribution in [-0.4, -0.2) is 15.8 Å². The zero-order valence-electron chi connectivity index (χ0n) is 15.8. The Morgan fingerprint density at radius 3 is 2.43 bits per heavy atom. The number of hydrogen-bond acceptors (Lipinski definition) is 1. The molecule has 0 saturated heterocycles. The maximum absolute atomic E-state index is 12.9. The third-order valence-corrected chi connectivity index (χ3v) is 5.26. The first-order valence-electron chi connectivity index (χ1n) is 9.24. The summed E-state index contributed by atoms with van der Waals surface area (Å²) in [7, 11) is 0. The lowest BCUT2D eigenvalue weighted by Gasteiger charge is -2.06. The quantitative estimate of drug-likeness (QED) is 0.299. The molecule has 2 heterocycles. The summed E-state index contributed by atoms with van der Waals surface area (Å²) in [6.07, 6.45) is 4.52. The molecule has 150 valence electrons. The molecule has 30 heavy (non-hydrogen) atoms. The lowest BCUT2D eigenvalue weighted by Crippen LogP contribution is -1.97. The molecule has 0 saturated carbocycles. The summed E-state index contributed by atoms with van der Waals surface area (Å²) in [5.41, 5.74) is 3.57. The van der Waals surface area contributed by atoms with Crippen LogP contribution >= 0.6 is 23.2 Å². The molecule has 0 amide bonds. The molecule has 0 aliphatic heterocycles. The third kappa shape index (κ3) is 4.40. The van der Waals surface area contributed by atoms with Gasteiger partial charge in [-0.05, 0) is 53.4 Å². The Balaban J connectivity index is 0.000000181. The number of benzene rings is 3. The largest absolute Gasteiger partial charge is 0.361 e. The number of rotatable bonds is 3. The van der Waals surface area contributed by atoms with Crippen LogP contribution in [0.4, 0.5) is 4.39 Å². The predicted octanol–water partition coefficient (Wildman–Crippen LogP) is 7.12. The van der Waals surface area contributed by atoms with Crippen LogP contribution in [0.3, 0.4) is 0 Å². The minimum atomic E-state index is -0.261. The van der Waals surface area contributed by atoms with Crippen molar-refractivity contribution in [3.63, 3.8) is 0 Å². The van der Waals surface area contributed by atoms with Crippen molar-refractivity contribution < 1.29 is 9.18 Å². The fourth-order valence-electron chi connectivity index (χ4n) is 3.32. The normalized spacial score (nSPS) is 10.8. The highest BCUT2D eigenvalue weighted by Crippen LogP contribution is 2.25. The summed E-state index contributed by atoms with van der Waals surface area (Å²) in [6, 6.07) is 19.5. The minimum absolute atomic E-state index is 0.261. The third-order valence-electron chi connectivity index (χ3n) is 4.79. The van der Waals surface area contributed by atoms with Crippen LogP contribution in [0.25, 0.3) is 21.8 Å². The van der Waals surface area contributed by atoms with E-state index in [1.807, 2.05) is 47.2 Å². The Morgan fingerprint density at radius 1 is 0.933 bits per heavy atom. The number of carbonyl (C=O) groups excluding carboxylic acids is 1. The van der Waals surface area contributed by atoms with Crippen LogP contribution in [0.1, 0.15) is 15.9 Å². The van der Waals surface area contributed by atoms with Gasteiger partial charge in [-0.15, -0.1) is 0 Å². The number of nitrogens with one attached hydrogen (secondary N) is 1. The molecule has 0 aliphatic carbocycles. The number of aromatic nitrogens is 2. The van der Waals surface area contributed by atoms with E-state index in [1.165, 1.54) is 17.5 Å². The van der Waals surface area contributed by atoms with Crippen molar-refractivity contribution >= 4 is 51.3 Å². The Labute approximate surface area is 182 Å². The number of hydrogen-bond donors (Lipinski definition) is 1. The molecule has 3 aromatic carbocycles. The number of aldehydes is 1. The first-order valence-corrected chi connectivity index (χ1v) is 10.00. The summed E-state index contributed by atoms with van der Waals surface area (Å²) in [5.74, 6) is -0.261. The molecule has 6 heteroatoms. The number of nitrogens with zero attached hydrogens (tertiary/aromatic N) is 1. The molecule has 0 bridgehead atoms. The van der Waals surface area contributed by atoms with Gasteiger partial charge in [0.1, 0.15) is 5.82 Å². The van der Waals surface area contributed by atoms with Gasteiger partial charge in [0.15, 0.2) is 6.29 Å². The van der Waals surface area contributed by atoms with Gasteiger partial charge in [-0.3, -0.25) is 4.79 Å². The van der Waals surface area contributed by atoms with E-state index in [2.05, 4.69) is 4.98 Å². The van der Waals surface area contributed by atoms with Crippen LogP contribution in [0.2, 0.25) is 10.0 Å². The SMILES string of the molecule is Clc1ccc2cc[nH]c2c1.O=Cc1cn(Cc2ccc(F)cc2)c2cc(Cl)ccc12. The number of fused-ring (bicyclic) bond motifs is 2. The van der Waals surface area contributed by atoms with E-state index < -0.39 is 0 Å². The van der Waals surface area contributed by atoms with Crippen molar-refractivity contribution in [3.05, 3.63) is 106 Å². The van der Waals surface area contributed by atoms with Gasteiger partial charge in [-0.1, -0.05) is 47.5 Å². The smallest absolute Gasteiger partial charge is 0.152 e. The highest BCUT2D eigenvalue weighted by molar-refractivity contribution is 6.31. The second-order valence-electron chi connectivity index (χ2n) is 6.83. The van der Waals surface area contributed by atoms with Crippen molar-refractivity contribution in [1.82, 2.24) is 9.55 Å². The fraction of sp³-hybridized carbons (Fsp3) is 0.0417. The summed E-state index contributed by atoms with van der Waals surface area (Å²) in [5, 5.41) is 3.46. The van der Waals surface area contributed by atoms with Gasteiger partial charge in [0.2, 0.25) is 0 Å². The molecule has 5 rings (SSSR count). The molecule has 0 radical (unpaired) electrons. The lowest BCUT2D eigenvalue weighted by molar-refractivity contribution is 0.112. The molecule has 0 aliphatic rings. The Kier molecular flexibility index (Phi) is 5.88. The average molecular weight is 439 g/mol. The summed E-state index contributed by atoms with van der Waals surface area (Å²) < 4.78 is 14.9. The summed E-state index contributed by atoms with van der Waals surface area (Å²) in [6.45, 7) is 0.560. The van der Waals surface area contributed by atoms with Gasteiger partial charge >= 0.3 is 0 Å². The highest BCUT2D eigenvalue weighted by Gasteiger charge is 2.09. The second kappa shape index (κ2) is 8.74. The molecule has 3 nitrogen and oxygen atoms in total. The molecule has 0 atom stereocenters. The Bertz CT molecular complexity index is 1320. The Morgan fingerprint density at radius 2 is 1.67 bits per heavy atom. The molecule has 0 fully saturated rings. The van der Waals surface area contributed by atoms with Crippen molar-refractivity contribution in [2.75, 3.05) is 0 Å². The maximum Gasteiger partial charge on any atom is 0.152 e. The standard InChI is InChI=1S/C16H11ClFNO.C8H6ClN/c17-13-3-6-15-12(10-20)9-19(16(15)7-13)8-11-1-4-14(18)5-2-11;9-7-2-1-6-3-4-10-8(6)5-7/h1-7,9-10H,8H2;1-5,10H. The monoisotopic (exact) mass is 438 g/mol. The predicted molar refractivity (Wildman–Crippen MR) is 121 cm³/mol. The van der Waals surface area contributed by atoms with Crippen molar-refractivity contribution in [3.8, 4) is 0 Å². The average Bonchev–Trinajstić information content (AvgIpc) is 3.34. The van der Waals surface area contributed by atoms with E-state index in [4.69, 9.17) is 23.2 Å². The van der Waals surface area contributed by atoms with Crippen LogP contribution in [0, 0.1) is 5.82 Å². The molecular weight excluding hydrogens is 422 g/mol. The van der Waals surface area contributed by atoms with Crippen LogP contribution < -0.4 is 0 Å². The highest BCUT2D eigenvalue weighted by atomic mass is 35.5. The van der Waals surface area contributed by atoms with Gasteiger partial charge in [-0.2, -0.15) is 0 Å². The van der Waals surface area contributed by atoms with Crippen LogP contribution in [0.5, 0.6) is 0 Å². The number of aromatic amines is 1. The Hall–Kier alpha value is -3.08. The summed E-state index contributed by atoms with van der Waals surface area (Å²) in [4.78, 5) is 14.2. The van der Waals surface area contributed by atoms with Crippen molar-refractivity contribution in [2.45, 2.75) is 6.54 Å². The molecule has 2 aromatic heterocycles. The molecule has 0 spiro atoms. The summed E-state index contributed by atoms with van der Waals surface area (Å²) >= 11 is 11.8. The van der Waals surface area contributed by atoms with Gasteiger partial charge in [0, 0.05) is 45.5 Å². The van der Waals surface area contributed by atoms with Crippen LogP contribution in [-0.2, 0) is 6.54 Å². The van der Waals surface area contributed by atoms with Gasteiger partial charge in [-0.25, -0.2) is 4.39 Å². The topological polar surface area (TPSA) is 37.8 Å². The van der Waals surface area contributed by atoms with Crippen molar-refractivity contribution in [2.24, 2.45) is 0 Å². The van der Waals surface area contributed by atoms with E-state index in [0.29, 0.717) is 17.1 Å². The molecule has 1 N–H and O–H groups in total. The number of H-pyrrole nitrogens is 1. The van der Waals surface area contributed by atoms with E-state index in [-0.39, 0.29) is 5.82 Å². The zero-order valence-corrected chi connectivity index (χ0v) is 17.3. The molecule has 0 unspecified atom stereocenters. The van der Waals surface area contributed by atoms with E-state index >= 15 is 0 Å². The van der Waals surface area contributed by atoms with Gasteiger partial charge < -0.3 is 9.55 Å². The first kappa shape index (κ1) is 20.2. The fourth-order valence-corrected chi connectivity index (χ4v) is 3.66. The van der Waals surface area contributed by atoms with Crippen molar-refractivity contribution in [1.29, 1.82) is 0 Å². The lowest BCUT2D eigenvalue weighted by atomic mass is 10.2. The van der Waals surface area contributed by atoms with E-state index in [1.54, 1.807) is 24.4 Å². The first-order chi connectivity index (χ1) is 14.5. The number of carbonyl (C=O) groups is 1. The van der Waals surface area contributed by atoms with Gasteiger partial charge in [0.05, 0.1) is 5.52 Å². The van der Waals surface area contributed by atoms with E-state index in [9.17, 15) is 9.18 Å². The number of halogens is 3. The second-order valence-corrected chi connectivity index (χ2v) is 7.70. The van der Waals surface area contributed by atoms with Crippen LogP contribution in [0.15, 0.2) is 79.1 Å². The van der Waals surface area contributed by atoms with E-state index in [0.717, 1.165) is 33.3 Å². The molecule has 5 aromatic rings. The maximum atomic E-state index is 12.9. The molecular formula is C24H17Cl2FN2O. The minimum Gasteiger partial charge on any atom is -0.361 e. The zero-order chi connectivity index (χ0) is 21.1.